The topological polar surface area (TPSA) is 64.3 Å². The third-order valence-corrected chi connectivity index (χ3v) is 4.20. The van der Waals surface area contributed by atoms with Crippen molar-refractivity contribution >= 4 is 18.3 Å². The van der Waals surface area contributed by atoms with Gasteiger partial charge in [0.1, 0.15) is 5.75 Å². The van der Waals surface area contributed by atoms with Crippen molar-refractivity contribution in [2.45, 2.75) is 45.1 Å². The van der Waals surface area contributed by atoms with Crippen molar-refractivity contribution < 1.29 is 9.53 Å². The van der Waals surface area contributed by atoms with Gasteiger partial charge >= 0.3 is 0 Å². The Labute approximate surface area is 139 Å². The normalized spacial score (nSPS) is 20.5. The Kier molecular flexibility index (Phi) is 7.69. The van der Waals surface area contributed by atoms with Crippen LogP contribution >= 0.6 is 12.4 Å². The van der Waals surface area contributed by atoms with Crippen molar-refractivity contribution in [3.63, 3.8) is 0 Å². The lowest BCUT2D eigenvalue weighted by Gasteiger charge is -2.19. The van der Waals surface area contributed by atoms with E-state index in [1.54, 1.807) is 0 Å². The third-order valence-electron chi connectivity index (χ3n) is 4.20. The van der Waals surface area contributed by atoms with Crippen LogP contribution in [0.5, 0.6) is 5.75 Å². The minimum absolute atomic E-state index is 0. The highest BCUT2D eigenvalue weighted by molar-refractivity contribution is 5.85. The molecule has 2 rings (SSSR count). The van der Waals surface area contributed by atoms with Gasteiger partial charge in [-0.15, -0.1) is 12.4 Å². The van der Waals surface area contributed by atoms with Crippen LogP contribution in [0.25, 0.3) is 0 Å². The Morgan fingerprint density at radius 1 is 1.41 bits per heavy atom. The molecule has 124 valence electrons. The fraction of sp³-hybridized carbons (Fsp3) is 0.588. The number of hydrogen-bond donors (Lipinski definition) is 2. The number of ether oxygens (including phenoxy) is 1. The quantitative estimate of drug-likeness (QED) is 0.845. The summed E-state index contributed by atoms with van der Waals surface area (Å²) >= 11 is 0. The maximum absolute atomic E-state index is 12.0. The number of carbonyl (C=O) groups is 1. The van der Waals surface area contributed by atoms with Gasteiger partial charge < -0.3 is 15.8 Å². The van der Waals surface area contributed by atoms with Gasteiger partial charge in [-0.3, -0.25) is 4.79 Å². The van der Waals surface area contributed by atoms with Crippen LogP contribution in [0.3, 0.4) is 0 Å². The molecule has 4 nitrogen and oxygen atoms in total. The zero-order valence-corrected chi connectivity index (χ0v) is 14.2. The molecule has 0 heterocycles. The van der Waals surface area contributed by atoms with Gasteiger partial charge in [0.15, 0.2) is 6.61 Å². The third kappa shape index (κ3) is 5.18. The highest BCUT2D eigenvalue weighted by Crippen LogP contribution is 2.24. The Hall–Kier alpha value is -1.26. The van der Waals surface area contributed by atoms with Crippen LogP contribution in [0, 0.1) is 5.92 Å². The van der Waals surface area contributed by atoms with E-state index in [9.17, 15) is 4.79 Å². The van der Waals surface area contributed by atoms with E-state index in [4.69, 9.17) is 10.5 Å². The molecule has 0 bridgehead atoms. The van der Waals surface area contributed by atoms with Crippen LogP contribution in [0.2, 0.25) is 0 Å². The molecule has 0 aliphatic heterocycles. The summed E-state index contributed by atoms with van der Waals surface area (Å²) in [5, 5.41) is 3.04. The molecule has 1 aromatic carbocycles. The van der Waals surface area contributed by atoms with Gasteiger partial charge in [-0.25, -0.2) is 0 Å². The molecule has 0 aromatic heterocycles. The van der Waals surface area contributed by atoms with Crippen molar-refractivity contribution in [3.05, 3.63) is 29.8 Å². The van der Waals surface area contributed by atoms with E-state index in [1.165, 1.54) is 5.56 Å². The first-order valence-electron chi connectivity index (χ1n) is 7.82. The van der Waals surface area contributed by atoms with E-state index >= 15 is 0 Å². The maximum atomic E-state index is 12.0. The lowest BCUT2D eigenvalue weighted by Crippen LogP contribution is -2.42. The summed E-state index contributed by atoms with van der Waals surface area (Å²) in [7, 11) is 0. The summed E-state index contributed by atoms with van der Waals surface area (Å²) in [5.74, 6) is 1.55. The lowest BCUT2D eigenvalue weighted by atomic mass is 10.0. The van der Waals surface area contributed by atoms with Gasteiger partial charge in [0.25, 0.3) is 5.91 Å². The number of halogens is 1. The maximum Gasteiger partial charge on any atom is 0.258 e. The van der Waals surface area contributed by atoms with E-state index in [0.29, 0.717) is 18.4 Å². The SMILES string of the molecule is CC(C)c1cccc(OCC(=O)NC2CCCC2CN)c1.Cl. The summed E-state index contributed by atoms with van der Waals surface area (Å²) in [4.78, 5) is 12.0. The highest BCUT2D eigenvalue weighted by atomic mass is 35.5. The van der Waals surface area contributed by atoms with Crippen LogP contribution in [0.15, 0.2) is 24.3 Å². The van der Waals surface area contributed by atoms with Crippen molar-refractivity contribution in [2.75, 3.05) is 13.2 Å². The number of carbonyl (C=O) groups excluding carboxylic acids is 1. The summed E-state index contributed by atoms with van der Waals surface area (Å²) < 4.78 is 5.59. The van der Waals surface area contributed by atoms with E-state index in [1.807, 2.05) is 18.2 Å². The minimum atomic E-state index is -0.0599. The lowest BCUT2D eigenvalue weighted by molar-refractivity contribution is -0.124. The van der Waals surface area contributed by atoms with Crippen LogP contribution < -0.4 is 15.8 Å². The molecule has 22 heavy (non-hydrogen) atoms. The second-order valence-corrected chi connectivity index (χ2v) is 6.12. The Bertz CT molecular complexity index is 479. The first-order valence-corrected chi connectivity index (χ1v) is 7.82. The van der Waals surface area contributed by atoms with Gasteiger partial charge in [-0.2, -0.15) is 0 Å². The van der Waals surface area contributed by atoms with E-state index in [0.717, 1.165) is 25.0 Å². The summed E-state index contributed by atoms with van der Waals surface area (Å²) in [5.41, 5.74) is 6.94. The number of amides is 1. The number of hydrogen-bond acceptors (Lipinski definition) is 3. The summed E-state index contributed by atoms with van der Waals surface area (Å²) in [6, 6.07) is 8.13. The van der Waals surface area contributed by atoms with Gasteiger partial charge in [-0.1, -0.05) is 32.4 Å². The minimum Gasteiger partial charge on any atom is -0.484 e. The van der Waals surface area contributed by atoms with Crippen LogP contribution in [0.4, 0.5) is 0 Å². The Balaban J connectivity index is 0.00000242. The predicted molar refractivity (Wildman–Crippen MR) is 91.6 cm³/mol. The largest absolute Gasteiger partial charge is 0.484 e. The van der Waals surface area contributed by atoms with Gasteiger partial charge in [0, 0.05) is 6.04 Å². The average molecular weight is 327 g/mol. The molecule has 3 N–H and O–H groups in total. The average Bonchev–Trinajstić information content (AvgIpc) is 2.92. The Morgan fingerprint density at radius 2 is 2.18 bits per heavy atom. The molecule has 5 heteroatoms. The first kappa shape index (κ1) is 18.8. The molecule has 1 aliphatic carbocycles. The van der Waals surface area contributed by atoms with Gasteiger partial charge in [0.2, 0.25) is 0 Å². The van der Waals surface area contributed by atoms with Crippen LogP contribution in [-0.2, 0) is 4.79 Å². The van der Waals surface area contributed by atoms with Crippen LogP contribution in [-0.4, -0.2) is 25.1 Å². The van der Waals surface area contributed by atoms with Crippen molar-refractivity contribution in [2.24, 2.45) is 11.7 Å². The smallest absolute Gasteiger partial charge is 0.258 e. The number of rotatable bonds is 6. The summed E-state index contributed by atoms with van der Waals surface area (Å²) in [6.07, 6.45) is 3.28. The van der Waals surface area contributed by atoms with Crippen LogP contribution in [0.1, 0.15) is 44.6 Å². The van der Waals surface area contributed by atoms with E-state index in [2.05, 4.69) is 25.2 Å². The second kappa shape index (κ2) is 9.01. The number of nitrogens with two attached hydrogens (primary N) is 1. The zero-order chi connectivity index (χ0) is 15.2. The van der Waals surface area contributed by atoms with Crippen molar-refractivity contribution in [1.29, 1.82) is 0 Å². The van der Waals surface area contributed by atoms with Gasteiger partial charge in [0.05, 0.1) is 0 Å². The molecular formula is C17H27ClN2O2. The molecule has 1 fully saturated rings. The molecule has 1 amide bonds. The standard InChI is InChI=1S/C17H26N2O2.ClH/c1-12(2)13-5-3-7-15(9-13)21-11-17(20)19-16-8-4-6-14(16)10-18;/h3,5,7,9,12,14,16H,4,6,8,10-11,18H2,1-2H3,(H,19,20);1H. The second-order valence-electron chi connectivity index (χ2n) is 6.12. The first-order chi connectivity index (χ1) is 10.1. The zero-order valence-electron chi connectivity index (χ0n) is 13.4. The molecule has 1 saturated carbocycles. The van der Waals surface area contributed by atoms with E-state index in [-0.39, 0.29) is 31.0 Å². The highest BCUT2D eigenvalue weighted by Gasteiger charge is 2.27. The van der Waals surface area contributed by atoms with E-state index < -0.39 is 0 Å². The molecule has 2 unspecified atom stereocenters. The van der Waals surface area contributed by atoms with Gasteiger partial charge in [-0.05, 0) is 48.9 Å². The molecular weight excluding hydrogens is 300 g/mol. The predicted octanol–water partition coefficient (Wildman–Crippen LogP) is 2.85. The number of nitrogens with one attached hydrogen (secondary N) is 1. The fourth-order valence-electron chi connectivity index (χ4n) is 2.87. The molecule has 0 saturated heterocycles. The van der Waals surface area contributed by atoms with Crippen molar-refractivity contribution in [1.82, 2.24) is 5.32 Å². The Morgan fingerprint density at radius 3 is 2.86 bits per heavy atom. The fourth-order valence-corrected chi connectivity index (χ4v) is 2.87. The monoisotopic (exact) mass is 326 g/mol. The molecule has 2 atom stereocenters. The molecule has 0 spiro atoms. The molecule has 1 aliphatic rings. The number of benzene rings is 1. The summed E-state index contributed by atoms with van der Waals surface area (Å²) in [6.45, 7) is 4.98. The molecule has 0 radical (unpaired) electrons. The van der Waals surface area contributed by atoms with Crippen molar-refractivity contribution in [3.8, 4) is 5.75 Å². The molecule has 1 aromatic rings.